The van der Waals surface area contributed by atoms with E-state index in [1.54, 1.807) is 13.0 Å². The maximum absolute atomic E-state index is 11.2. The van der Waals surface area contributed by atoms with Gasteiger partial charge in [-0.25, -0.2) is 0 Å². The van der Waals surface area contributed by atoms with Crippen LogP contribution in [0.25, 0.3) is 0 Å². The summed E-state index contributed by atoms with van der Waals surface area (Å²) in [5.41, 5.74) is 0. The molecule has 0 spiro atoms. The highest BCUT2D eigenvalue weighted by Crippen LogP contribution is 1.89. The summed E-state index contributed by atoms with van der Waals surface area (Å²) in [7, 11) is 1.84. The van der Waals surface area contributed by atoms with Gasteiger partial charge in [0.1, 0.15) is 6.10 Å². The molecule has 0 bridgehead atoms. The Hall–Kier alpha value is -0.870. The molecule has 1 unspecified atom stereocenters. The summed E-state index contributed by atoms with van der Waals surface area (Å²) < 4.78 is 5.23. The van der Waals surface area contributed by atoms with Gasteiger partial charge in [-0.05, 0) is 14.0 Å². The molecule has 0 rings (SSSR count). The topological polar surface area (TPSA) is 50.4 Å². The van der Waals surface area contributed by atoms with Gasteiger partial charge < -0.3 is 15.4 Å². The fourth-order valence-corrected chi connectivity index (χ4v) is 0.730. The minimum absolute atomic E-state index is 0.101. The van der Waals surface area contributed by atoms with E-state index >= 15 is 0 Å². The van der Waals surface area contributed by atoms with Crippen molar-refractivity contribution >= 4 is 5.91 Å². The van der Waals surface area contributed by atoms with Crippen molar-refractivity contribution in [3.63, 3.8) is 0 Å². The molecule has 1 amide bonds. The van der Waals surface area contributed by atoms with Gasteiger partial charge >= 0.3 is 0 Å². The molecule has 0 aromatic carbocycles. The first-order valence-corrected chi connectivity index (χ1v) is 4.37. The van der Waals surface area contributed by atoms with E-state index in [1.807, 2.05) is 7.05 Å². The monoisotopic (exact) mass is 186 g/mol. The van der Waals surface area contributed by atoms with Gasteiger partial charge in [0, 0.05) is 13.1 Å². The van der Waals surface area contributed by atoms with Gasteiger partial charge in [0.25, 0.3) is 0 Å². The van der Waals surface area contributed by atoms with Crippen molar-refractivity contribution in [2.45, 2.75) is 13.0 Å². The fourth-order valence-electron chi connectivity index (χ4n) is 0.730. The SMILES string of the molecule is C=CCNC(=O)C(C)OCCNC. The molecule has 13 heavy (non-hydrogen) atoms. The van der Waals surface area contributed by atoms with Crippen LogP contribution in [0.1, 0.15) is 6.92 Å². The van der Waals surface area contributed by atoms with Crippen LogP contribution >= 0.6 is 0 Å². The fraction of sp³-hybridized carbons (Fsp3) is 0.667. The van der Waals surface area contributed by atoms with E-state index in [0.29, 0.717) is 13.2 Å². The summed E-state index contributed by atoms with van der Waals surface area (Å²) in [6.45, 7) is 7.01. The highest BCUT2D eigenvalue weighted by atomic mass is 16.5. The minimum Gasteiger partial charge on any atom is -0.367 e. The van der Waals surface area contributed by atoms with E-state index in [0.717, 1.165) is 6.54 Å². The van der Waals surface area contributed by atoms with Crippen molar-refractivity contribution in [2.24, 2.45) is 0 Å². The third-order valence-electron chi connectivity index (χ3n) is 1.51. The molecule has 0 fully saturated rings. The van der Waals surface area contributed by atoms with Crippen LogP contribution in [-0.4, -0.2) is 38.8 Å². The van der Waals surface area contributed by atoms with Crippen LogP contribution in [0, 0.1) is 0 Å². The minimum atomic E-state index is -0.395. The molecule has 0 aliphatic rings. The lowest BCUT2D eigenvalue weighted by molar-refractivity contribution is -0.131. The Bertz CT molecular complexity index is 160. The summed E-state index contributed by atoms with van der Waals surface area (Å²) in [6, 6.07) is 0. The Morgan fingerprint density at radius 2 is 2.38 bits per heavy atom. The van der Waals surface area contributed by atoms with Crippen LogP contribution in [0.3, 0.4) is 0 Å². The molecule has 0 aliphatic heterocycles. The number of carbonyl (C=O) groups is 1. The summed E-state index contributed by atoms with van der Waals surface area (Å²) in [4.78, 5) is 11.2. The van der Waals surface area contributed by atoms with Crippen molar-refractivity contribution in [1.29, 1.82) is 0 Å². The molecular formula is C9H18N2O2. The molecule has 0 saturated carbocycles. The van der Waals surface area contributed by atoms with Crippen LogP contribution in [-0.2, 0) is 9.53 Å². The Balaban J connectivity index is 3.50. The largest absolute Gasteiger partial charge is 0.367 e. The van der Waals surface area contributed by atoms with E-state index in [-0.39, 0.29) is 5.91 Å². The molecule has 1 atom stereocenters. The third-order valence-corrected chi connectivity index (χ3v) is 1.51. The number of amides is 1. The maximum atomic E-state index is 11.2. The number of hydrogen-bond acceptors (Lipinski definition) is 3. The first kappa shape index (κ1) is 12.1. The summed E-state index contributed by atoms with van der Waals surface area (Å²) in [6.07, 6.45) is 1.24. The third kappa shape index (κ3) is 6.31. The van der Waals surface area contributed by atoms with Crippen molar-refractivity contribution in [3.8, 4) is 0 Å². The lowest BCUT2D eigenvalue weighted by atomic mass is 10.3. The number of ether oxygens (including phenoxy) is 1. The standard InChI is InChI=1S/C9H18N2O2/c1-4-5-11-9(12)8(2)13-7-6-10-3/h4,8,10H,1,5-7H2,2-3H3,(H,11,12). The van der Waals surface area contributed by atoms with E-state index in [1.165, 1.54) is 0 Å². The van der Waals surface area contributed by atoms with E-state index < -0.39 is 6.10 Å². The molecule has 76 valence electrons. The summed E-state index contributed by atoms with van der Waals surface area (Å²) in [5.74, 6) is -0.101. The molecular weight excluding hydrogens is 168 g/mol. The predicted molar refractivity (Wildman–Crippen MR) is 52.5 cm³/mol. The molecule has 2 N–H and O–H groups in total. The molecule has 0 aromatic heterocycles. The smallest absolute Gasteiger partial charge is 0.249 e. The maximum Gasteiger partial charge on any atom is 0.249 e. The van der Waals surface area contributed by atoms with Crippen LogP contribution in [0.4, 0.5) is 0 Å². The highest BCUT2D eigenvalue weighted by Gasteiger charge is 2.10. The average Bonchev–Trinajstić information content (AvgIpc) is 2.14. The van der Waals surface area contributed by atoms with Crippen LogP contribution in [0.15, 0.2) is 12.7 Å². The first-order valence-electron chi connectivity index (χ1n) is 4.37. The highest BCUT2D eigenvalue weighted by molar-refractivity contribution is 5.80. The zero-order valence-electron chi connectivity index (χ0n) is 8.30. The van der Waals surface area contributed by atoms with Gasteiger partial charge in [0.05, 0.1) is 6.61 Å². The molecule has 0 saturated heterocycles. The Kier molecular flexibility index (Phi) is 7.24. The van der Waals surface area contributed by atoms with Gasteiger partial charge in [-0.3, -0.25) is 4.79 Å². The number of rotatable bonds is 7. The summed E-state index contributed by atoms with van der Waals surface area (Å²) >= 11 is 0. The second-order valence-corrected chi connectivity index (χ2v) is 2.65. The second-order valence-electron chi connectivity index (χ2n) is 2.65. The number of likely N-dealkylation sites (N-methyl/N-ethyl adjacent to an activating group) is 1. The van der Waals surface area contributed by atoms with E-state index in [9.17, 15) is 4.79 Å². The number of carbonyl (C=O) groups excluding carboxylic acids is 1. The van der Waals surface area contributed by atoms with Crippen LogP contribution < -0.4 is 10.6 Å². The van der Waals surface area contributed by atoms with Gasteiger partial charge in [-0.15, -0.1) is 6.58 Å². The van der Waals surface area contributed by atoms with Gasteiger partial charge in [-0.2, -0.15) is 0 Å². The van der Waals surface area contributed by atoms with E-state index in [2.05, 4.69) is 17.2 Å². The zero-order valence-corrected chi connectivity index (χ0v) is 8.30. The normalized spacial score (nSPS) is 12.2. The van der Waals surface area contributed by atoms with Crippen LogP contribution in [0.2, 0.25) is 0 Å². The van der Waals surface area contributed by atoms with Crippen molar-refractivity contribution in [3.05, 3.63) is 12.7 Å². The predicted octanol–water partition coefficient (Wildman–Crippen LogP) is -0.0869. The van der Waals surface area contributed by atoms with Crippen LogP contribution in [0.5, 0.6) is 0 Å². The van der Waals surface area contributed by atoms with Crippen molar-refractivity contribution in [1.82, 2.24) is 10.6 Å². The quantitative estimate of drug-likeness (QED) is 0.431. The van der Waals surface area contributed by atoms with Gasteiger partial charge in [0.2, 0.25) is 5.91 Å². The number of hydrogen-bond donors (Lipinski definition) is 2. The molecule has 4 nitrogen and oxygen atoms in total. The Morgan fingerprint density at radius 3 is 2.92 bits per heavy atom. The first-order chi connectivity index (χ1) is 6.22. The Morgan fingerprint density at radius 1 is 1.69 bits per heavy atom. The zero-order chi connectivity index (χ0) is 10.1. The second kappa shape index (κ2) is 7.76. The lowest BCUT2D eigenvalue weighted by Gasteiger charge is -2.11. The molecule has 0 heterocycles. The Labute approximate surface area is 79.3 Å². The van der Waals surface area contributed by atoms with Crippen molar-refractivity contribution < 1.29 is 9.53 Å². The number of nitrogens with one attached hydrogen (secondary N) is 2. The lowest BCUT2D eigenvalue weighted by Crippen LogP contribution is -2.35. The molecule has 0 aliphatic carbocycles. The van der Waals surface area contributed by atoms with Gasteiger partial charge in [-0.1, -0.05) is 6.08 Å². The van der Waals surface area contributed by atoms with Gasteiger partial charge in [0.15, 0.2) is 0 Å². The molecule has 0 aromatic rings. The molecule has 0 radical (unpaired) electrons. The molecule has 4 heteroatoms. The van der Waals surface area contributed by atoms with E-state index in [4.69, 9.17) is 4.74 Å². The van der Waals surface area contributed by atoms with Crippen molar-refractivity contribution in [2.75, 3.05) is 26.7 Å². The summed E-state index contributed by atoms with van der Waals surface area (Å²) in [5, 5.41) is 5.59. The average molecular weight is 186 g/mol.